The second kappa shape index (κ2) is 9.53. The molecule has 0 fully saturated rings. The summed E-state index contributed by atoms with van der Waals surface area (Å²) < 4.78 is 5.10. The van der Waals surface area contributed by atoms with Crippen LogP contribution in [0.15, 0.2) is 4.42 Å². The normalized spacial score (nSPS) is 6.58. The number of hydrogen-bond acceptors (Lipinski definition) is 3. The van der Waals surface area contributed by atoms with Gasteiger partial charge in [0, 0.05) is 6.92 Å². The van der Waals surface area contributed by atoms with Crippen LogP contribution in [0.2, 0.25) is 0 Å². The first-order valence-electron chi connectivity index (χ1n) is 2.61. The molecule has 0 radical (unpaired) electrons. The van der Waals surface area contributed by atoms with Crippen LogP contribution in [0.1, 0.15) is 17.3 Å². The molecule has 0 bridgehead atoms. The van der Waals surface area contributed by atoms with E-state index in [-0.39, 0.29) is 52.0 Å². The number of hydrogen-bond donors (Lipinski definition) is 1. The Balaban J connectivity index is -0.0000000800. The van der Waals surface area contributed by atoms with Crippen molar-refractivity contribution in [3.63, 3.8) is 0 Å². The predicted molar refractivity (Wildman–Crippen MR) is 35.7 cm³/mol. The van der Waals surface area contributed by atoms with Crippen molar-refractivity contribution in [2.45, 2.75) is 20.8 Å². The number of aryl methyl sites for hydroxylation is 3. The van der Waals surface area contributed by atoms with E-state index in [4.69, 9.17) is 4.42 Å². The van der Waals surface area contributed by atoms with Crippen LogP contribution in [0.4, 0.5) is 0 Å². The van der Waals surface area contributed by atoms with Crippen molar-refractivity contribution in [3.05, 3.63) is 17.3 Å². The van der Waals surface area contributed by atoms with Gasteiger partial charge < -0.3 is 35.4 Å². The van der Waals surface area contributed by atoms with Crippen LogP contribution >= 0.6 is 0 Å². The first kappa shape index (κ1) is 22.9. The third-order valence-corrected chi connectivity index (χ3v) is 1.14. The maximum absolute atomic E-state index is 5.10. The summed E-state index contributed by atoms with van der Waals surface area (Å²) in [5.41, 5.74) is 0.988. The summed E-state index contributed by atoms with van der Waals surface area (Å²) in [5, 5.41) is 0. The van der Waals surface area contributed by atoms with Crippen molar-refractivity contribution in [1.29, 1.82) is 0 Å². The number of oxazole rings is 1. The van der Waals surface area contributed by atoms with E-state index in [1.807, 2.05) is 20.8 Å². The molecule has 0 spiro atoms. The quantitative estimate of drug-likeness (QED) is 0.486. The van der Waals surface area contributed by atoms with E-state index in [9.17, 15) is 0 Å². The summed E-state index contributed by atoms with van der Waals surface area (Å²) in [5.74, 6) is 1.67. The zero-order valence-corrected chi connectivity index (χ0v) is 10.9. The largest absolute Gasteiger partial charge is 2.00 e. The summed E-state index contributed by atoms with van der Waals surface area (Å²) in [7, 11) is 0. The van der Waals surface area contributed by atoms with Gasteiger partial charge in [-0.2, -0.15) is 0 Å². The molecule has 3 N–H and O–H groups in total. The molecular weight excluding hydrogens is 382 g/mol. The maximum Gasteiger partial charge on any atom is 2.00 e. The van der Waals surface area contributed by atoms with Gasteiger partial charge in [0.2, 0.25) is 0 Å². The first-order valence-corrected chi connectivity index (χ1v) is 2.61. The predicted octanol–water partition coefficient (Wildman–Crippen LogP) is -4.23. The standard InChI is InChI=1S/C6H9NO.2ClH.H3N.Pt/c1-4-5(2)8-6(3)7-4;;;;/h1-3H3;2*1H;1H3;/q;;;;+2/p-2. The molecule has 0 amide bonds. The van der Waals surface area contributed by atoms with E-state index in [1.165, 1.54) is 0 Å². The number of aromatic nitrogens is 1. The van der Waals surface area contributed by atoms with Crippen LogP contribution < -0.4 is 31.0 Å². The fourth-order valence-electron chi connectivity index (χ4n) is 0.633. The smallest absolute Gasteiger partial charge is 1.00 e. The van der Waals surface area contributed by atoms with Gasteiger partial charge >= 0.3 is 21.1 Å². The maximum atomic E-state index is 5.10. The topological polar surface area (TPSA) is 61.0 Å². The Bertz CT molecular complexity index is 186. The average molecular weight is 394 g/mol. The van der Waals surface area contributed by atoms with Crippen molar-refractivity contribution in [2.24, 2.45) is 0 Å². The Morgan fingerprint density at radius 3 is 1.58 bits per heavy atom. The summed E-state index contributed by atoms with van der Waals surface area (Å²) in [6, 6.07) is 0. The molecule has 0 atom stereocenters. The van der Waals surface area contributed by atoms with Crippen molar-refractivity contribution in [1.82, 2.24) is 11.1 Å². The Kier molecular flexibility index (Phi) is 18.1. The minimum Gasteiger partial charge on any atom is -1.00 e. The molecule has 0 aliphatic rings. The summed E-state index contributed by atoms with van der Waals surface area (Å²) >= 11 is 0. The molecule has 6 heteroatoms. The van der Waals surface area contributed by atoms with Crippen LogP contribution in [0.3, 0.4) is 0 Å². The fourth-order valence-corrected chi connectivity index (χ4v) is 0.633. The molecule has 0 unspecified atom stereocenters. The third kappa shape index (κ3) is 6.01. The van der Waals surface area contributed by atoms with Gasteiger partial charge in [0.1, 0.15) is 5.76 Å². The molecule has 0 saturated heterocycles. The molecule has 1 rings (SSSR count). The van der Waals surface area contributed by atoms with Crippen molar-refractivity contribution < 1.29 is 50.3 Å². The van der Waals surface area contributed by atoms with Gasteiger partial charge in [0.15, 0.2) is 5.89 Å². The van der Waals surface area contributed by atoms with Gasteiger partial charge in [-0.15, -0.1) is 0 Å². The molecule has 0 aliphatic heterocycles. The first-order chi connectivity index (χ1) is 3.70. The van der Waals surface area contributed by atoms with E-state index >= 15 is 0 Å². The number of rotatable bonds is 0. The fraction of sp³-hybridized carbons (Fsp3) is 0.500. The number of halogens is 2. The Labute approximate surface area is 99.4 Å². The molecular formula is C6H12Cl2N2OPt. The molecule has 0 saturated carbocycles. The van der Waals surface area contributed by atoms with Gasteiger partial charge in [-0.25, -0.2) is 4.98 Å². The van der Waals surface area contributed by atoms with Gasteiger partial charge in [-0.1, -0.05) is 0 Å². The zero-order valence-electron chi connectivity index (χ0n) is 7.13. The molecule has 1 heterocycles. The molecule has 1 aromatic heterocycles. The average Bonchev–Trinajstić information content (AvgIpc) is 1.85. The molecule has 0 aromatic carbocycles. The van der Waals surface area contributed by atoms with Gasteiger partial charge in [0.25, 0.3) is 0 Å². The zero-order chi connectivity index (χ0) is 6.15. The van der Waals surface area contributed by atoms with Gasteiger partial charge in [-0.3, -0.25) is 0 Å². The van der Waals surface area contributed by atoms with Crippen molar-refractivity contribution >= 4 is 0 Å². The molecule has 76 valence electrons. The van der Waals surface area contributed by atoms with Crippen LogP contribution in [0.5, 0.6) is 0 Å². The van der Waals surface area contributed by atoms with Crippen molar-refractivity contribution in [2.75, 3.05) is 0 Å². The summed E-state index contributed by atoms with van der Waals surface area (Å²) in [4.78, 5) is 4.04. The summed E-state index contributed by atoms with van der Waals surface area (Å²) in [6.45, 7) is 5.70. The monoisotopic (exact) mass is 393 g/mol. The summed E-state index contributed by atoms with van der Waals surface area (Å²) in [6.07, 6.45) is 0. The molecule has 0 aliphatic carbocycles. The Hall–Kier alpha value is 0.438. The van der Waals surface area contributed by atoms with E-state index in [0.717, 1.165) is 17.3 Å². The van der Waals surface area contributed by atoms with Crippen LogP contribution in [-0.2, 0) is 21.1 Å². The van der Waals surface area contributed by atoms with Crippen LogP contribution in [0.25, 0.3) is 0 Å². The van der Waals surface area contributed by atoms with E-state index < -0.39 is 0 Å². The van der Waals surface area contributed by atoms with Crippen LogP contribution in [-0.4, -0.2) is 4.98 Å². The number of nitrogens with zero attached hydrogens (tertiary/aromatic N) is 1. The third-order valence-electron chi connectivity index (χ3n) is 1.14. The second-order valence-electron chi connectivity index (χ2n) is 1.87. The minimum atomic E-state index is 0. The van der Waals surface area contributed by atoms with E-state index in [2.05, 4.69) is 4.98 Å². The Morgan fingerprint density at radius 1 is 1.08 bits per heavy atom. The molecule has 1 aromatic rings. The van der Waals surface area contributed by atoms with Crippen LogP contribution in [0, 0.1) is 20.8 Å². The second-order valence-corrected chi connectivity index (χ2v) is 1.87. The molecule has 12 heavy (non-hydrogen) atoms. The molecule has 3 nitrogen and oxygen atoms in total. The minimum absolute atomic E-state index is 0. The van der Waals surface area contributed by atoms with E-state index in [1.54, 1.807) is 0 Å². The SMILES string of the molecule is Cc1nc(C)c(C)o1.N.[Cl-].[Cl-].[Pt+2]. The Morgan fingerprint density at radius 2 is 1.50 bits per heavy atom. The van der Waals surface area contributed by atoms with Gasteiger partial charge in [0.05, 0.1) is 5.69 Å². The van der Waals surface area contributed by atoms with Gasteiger partial charge in [-0.05, 0) is 13.8 Å². The van der Waals surface area contributed by atoms with E-state index in [0.29, 0.717) is 0 Å². The van der Waals surface area contributed by atoms with Crippen molar-refractivity contribution in [3.8, 4) is 0 Å².